The summed E-state index contributed by atoms with van der Waals surface area (Å²) in [4.78, 5) is 14.5. The number of aryl methyl sites for hydroxylation is 1. The van der Waals surface area contributed by atoms with Gasteiger partial charge in [-0.3, -0.25) is 10.00 Å². The lowest BCUT2D eigenvalue weighted by molar-refractivity contribution is 0.221. The minimum atomic E-state index is -0.196. The fraction of sp³-hybridized carbons (Fsp3) is 0.273. The van der Waals surface area contributed by atoms with Crippen LogP contribution in [0.4, 0.5) is 10.6 Å². The van der Waals surface area contributed by atoms with Crippen molar-refractivity contribution in [1.29, 1.82) is 0 Å². The largest absolute Gasteiger partial charge is 0.323 e. The molecular formula is C11H13ClN4OS. The van der Waals surface area contributed by atoms with E-state index in [1.54, 1.807) is 35.9 Å². The summed E-state index contributed by atoms with van der Waals surface area (Å²) in [6.07, 6.45) is 1.77. The van der Waals surface area contributed by atoms with Gasteiger partial charge in [-0.2, -0.15) is 5.10 Å². The molecule has 7 heteroatoms. The Morgan fingerprint density at radius 3 is 2.89 bits per heavy atom. The Morgan fingerprint density at radius 1 is 1.56 bits per heavy atom. The summed E-state index contributed by atoms with van der Waals surface area (Å²) in [5.41, 5.74) is 0. The van der Waals surface area contributed by atoms with E-state index in [1.807, 2.05) is 12.1 Å². The van der Waals surface area contributed by atoms with Crippen LogP contribution in [-0.4, -0.2) is 27.8 Å². The molecule has 96 valence electrons. The molecule has 0 aliphatic heterocycles. The number of amides is 2. The molecule has 2 aromatic heterocycles. The van der Waals surface area contributed by atoms with Gasteiger partial charge in [-0.1, -0.05) is 11.6 Å². The Bertz CT molecular complexity index is 551. The highest BCUT2D eigenvalue weighted by Crippen LogP contribution is 2.22. The van der Waals surface area contributed by atoms with Gasteiger partial charge in [-0.05, 0) is 12.1 Å². The van der Waals surface area contributed by atoms with Crippen molar-refractivity contribution >= 4 is 34.8 Å². The molecule has 0 saturated carbocycles. The number of aromatic nitrogens is 2. The second-order valence-corrected chi connectivity index (χ2v) is 5.67. The molecule has 2 rings (SSSR count). The maximum Gasteiger partial charge on any atom is 0.323 e. The van der Waals surface area contributed by atoms with Crippen molar-refractivity contribution in [2.45, 2.75) is 6.54 Å². The maximum atomic E-state index is 11.9. The Labute approximate surface area is 114 Å². The molecule has 0 aromatic carbocycles. The molecule has 2 aromatic rings. The molecule has 1 N–H and O–H groups in total. The maximum absolute atomic E-state index is 11.9. The summed E-state index contributed by atoms with van der Waals surface area (Å²) in [5, 5.41) is 6.80. The third-order valence-electron chi connectivity index (χ3n) is 2.32. The van der Waals surface area contributed by atoms with Gasteiger partial charge in [0, 0.05) is 31.2 Å². The fourth-order valence-electron chi connectivity index (χ4n) is 1.43. The van der Waals surface area contributed by atoms with Gasteiger partial charge < -0.3 is 4.90 Å². The molecule has 18 heavy (non-hydrogen) atoms. The second-order valence-electron chi connectivity index (χ2n) is 3.87. The molecule has 0 radical (unpaired) electrons. The summed E-state index contributed by atoms with van der Waals surface area (Å²) >= 11 is 7.31. The lowest BCUT2D eigenvalue weighted by Crippen LogP contribution is -2.30. The average Bonchev–Trinajstić information content (AvgIpc) is 2.88. The quantitative estimate of drug-likeness (QED) is 0.942. The highest BCUT2D eigenvalue weighted by atomic mass is 35.5. The van der Waals surface area contributed by atoms with E-state index in [-0.39, 0.29) is 6.03 Å². The van der Waals surface area contributed by atoms with E-state index in [2.05, 4.69) is 10.4 Å². The normalized spacial score (nSPS) is 10.4. The fourth-order valence-corrected chi connectivity index (χ4v) is 2.57. The third kappa shape index (κ3) is 3.24. The number of carbonyl (C=O) groups is 1. The summed E-state index contributed by atoms with van der Waals surface area (Å²) in [5.74, 6) is 0.540. The first-order valence-electron chi connectivity index (χ1n) is 5.30. The number of anilines is 1. The Hall–Kier alpha value is -1.53. The molecule has 0 bridgehead atoms. The molecule has 0 aliphatic carbocycles. The minimum Gasteiger partial charge on any atom is -0.322 e. The van der Waals surface area contributed by atoms with Gasteiger partial charge in [-0.15, -0.1) is 11.3 Å². The van der Waals surface area contributed by atoms with Crippen molar-refractivity contribution in [1.82, 2.24) is 14.7 Å². The molecule has 5 nitrogen and oxygen atoms in total. The topological polar surface area (TPSA) is 50.2 Å². The van der Waals surface area contributed by atoms with Crippen LogP contribution in [0.15, 0.2) is 24.4 Å². The first-order valence-corrected chi connectivity index (χ1v) is 6.50. The van der Waals surface area contributed by atoms with Crippen molar-refractivity contribution in [2.24, 2.45) is 7.05 Å². The number of hydrogen-bond acceptors (Lipinski definition) is 3. The Balaban J connectivity index is 1.92. The van der Waals surface area contributed by atoms with Crippen molar-refractivity contribution < 1.29 is 4.79 Å². The zero-order valence-corrected chi connectivity index (χ0v) is 11.6. The zero-order chi connectivity index (χ0) is 13.1. The van der Waals surface area contributed by atoms with Crippen molar-refractivity contribution in [3.05, 3.63) is 33.6 Å². The third-order valence-corrected chi connectivity index (χ3v) is 3.53. The van der Waals surface area contributed by atoms with Crippen molar-refractivity contribution in [3.63, 3.8) is 0 Å². The highest BCUT2D eigenvalue weighted by Gasteiger charge is 2.11. The van der Waals surface area contributed by atoms with Gasteiger partial charge in [0.2, 0.25) is 0 Å². The van der Waals surface area contributed by atoms with Gasteiger partial charge in [0.1, 0.15) is 0 Å². The van der Waals surface area contributed by atoms with Crippen LogP contribution in [0, 0.1) is 0 Å². The van der Waals surface area contributed by atoms with E-state index in [1.165, 1.54) is 11.3 Å². The number of nitrogens with zero attached hydrogens (tertiary/aromatic N) is 3. The number of rotatable bonds is 3. The number of carbonyl (C=O) groups excluding carboxylic acids is 1. The standard InChI is InChI=1S/C11H13ClN4OS/c1-15(7-8-3-4-9(12)18-8)11(17)13-10-5-6-16(2)14-10/h3-6H,7H2,1-2H3,(H,13,14,17). The molecule has 0 aliphatic rings. The van der Waals surface area contributed by atoms with E-state index < -0.39 is 0 Å². The van der Waals surface area contributed by atoms with Crippen LogP contribution in [0.3, 0.4) is 0 Å². The first kappa shape index (κ1) is 12.9. The van der Waals surface area contributed by atoms with E-state index in [0.29, 0.717) is 12.4 Å². The van der Waals surface area contributed by atoms with Gasteiger partial charge in [-0.25, -0.2) is 4.79 Å². The van der Waals surface area contributed by atoms with Crippen LogP contribution in [0.1, 0.15) is 4.88 Å². The lowest BCUT2D eigenvalue weighted by atomic mass is 10.4. The zero-order valence-electron chi connectivity index (χ0n) is 10.1. The predicted octanol–water partition coefficient (Wildman–Crippen LogP) is 2.80. The molecule has 0 saturated heterocycles. The van der Waals surface area contributed by atoms with Crippen LogP contribution >= 0.6 is 22.9 Å². The van der Waals surface area contributed by atoms with Gasteiger partial charge in [0.15, 0.2) is 5.82 Å². The van der Waals surface area contributed by atoms with Gasteiger partial charge in [0.25, 0.3) is 0 Å². The van der Waals surface area contributed by atoms with Crippen LogP contribution in [-0.2, 0) is 13.6 Å². The minimum absolute atomic E-state index is 0.196. The number of halogens is 1. The van der Waals surface area contributed by atoms with Gasteiger partial charge >= 0.3 is 6.03 Å². The number of nitrogens with one attached hydrogen (secondary N) is 1. The van der Waals surface area contributed by atoms with E-state index in [9.17, 15) is 4.79 Å². The predicted molar refractivity (Wildman–Crippen MR) is 73.0 cm³/mol. The van der Waals surface area contributed by atoms with Crippen LogP contribution in [0.25, 0.3) is 0 Å². The Morgan fingerprint density at radius 2 is 2.33 bits per heavy atom. The number of thiophene rings is 1. The molecular weight excluding hydrogens is 272 g/mol. The monoisotopic (exact) mass is 284 g/mol. The van der Waals surface area contributed by atoms with Crippen LogP contribution < -0.4 is 5.32 Å². The molecule has 0 fully saturated rings. The summed E-state index contributed by atoms with van der Waals surface area (Å²) in [7, 11) is 3.53. The van der Waals surface area contributed by atoms with E-state index >= 15 is 0 Å². The number of hydrogen-bond donors (Lipinski definition) is 1. The molecule has 0 spiro atoms. The first-order chi connectivity index (χ1) is 8.54. The summed E-state index contributed by atoms with van der Waals surface area (Å²) < 4.78 is 2.36. The smallest absolute Gasteiger partial charge is 0.322 e. The van der Waals surface area contributed by atoms with E-state index in [4.69, 9.17) is 11.6 Å². The second kappa shape index (κ2) is 5.41. The molecule has 2 amide bonds. The lowest BCUT2D eigenvalue weighted by Gasteiger charge is -2.15. The Kier molecular flexibility index (Phi) is 3.88. The summed E-state index contributed by atoms with van der Waals surface area (Å²) in [6, 6.07) is 5.29. The summed E-state index contributed by atoms with van der Waals surface area (Å²) in [6.45, 7) is 0.524. The molecule has 0 unspecified atom stereocenters. The van der Waals surface area contributed by atoms with Gasteiger partial charge in [0.05, 0.1) is 10.9 Å². The van der Waals surface area contributed by atoms with E-state index in [0.717, 1.165) is 9.21 Å². The number of urea groups is 1. The SMILES string of the molecule is CN(Cc1ccc(Cl)s1)C(=O)Nc1ccn(C)n1. The molecule has 0 atom stereocenters. The van der Waals surface area contributed by atoms with Crippen LogP contribution in [0.2, 0.25) is 4.34 Å². The average molecular weight is 285 g/mol. The molecule has 2 heterocycles. The van der Waals surface area contributed by atoms with Crippen molar-refractivity contribution in [2.75, 3.05) is 12.4 Å². The van der Waals surface area contributed by atoms with Crippen LogP contribution in [0.5, 0.6) is 0 Å². The highest BCUT2D eigenvalue weighted by molar-refractivity contribution is 7.16. The van der Waals surface area contributed by atoms with Crippen molar-refractivity contribution in [3.8, 4) is 0 Å².